The van der Waals surface area contributed by atoms with Gasteiger partial charge in [0, 0.05) is 37.8 Å². The standard InChI is InChI=1S/C19H23N11O4S2/c20-19-25-13-3-1-2-12(16(13)26-19)11-4-5-14(36(33,34)24-9-10-8-22-6-7-23-10)17(35(21,31)32)15(11)18-27-29-30-28-18/h1-5,10,22-24H,6-9H2,(H3,20,25,26)(H2,21,31,32)(H,27,28,29,30). The zero-order valence-electron chi connectivity index (χ0n) is 18.7. The van der Waals surface area contributed by atoms with Crippen LogP contribution < -0.4 is 26.2 Å². The van der Waals surface area contributed by atoms with Crippen molar-refractivity contribution in [2.75, 3.05) is 31.9 Å². The molecule has 2 aromatic heterocycles. The molecule has 4 aromatic rings. The quantitative estimate of drug-likeness (QED) is 0.144. The van der Waals surface area contributed by atoms with Gasteiger partial charge < -0.3 is 21.4 Å². The molecule has 0 aliphatic carbocycles. The third-order valence-corrected chi connectivity index (χ3v) is 8.32. The topological polar surface area (TPSA) is 240 Å². The van der Waals surface area contributed by atoms with Crippen LogP contribution in [0.25, 0.3) is 33.5 Å². The Morgan fingerprint density at radius 3 is 2.61 bits per heavy atom. The summed E-state index contributed by atoms with van der Waals surface area (Å²) >= 11 is 0. The van der Waals surface area contributed by atoms with Crippen molar-refractivity contribution < 1.29 is 16.8 Å². The Kier molecular flexibility index (Phi) is 6.18. The predicted molar refractivity (Wildman–Crippen MR) is 130 cm³/mol. The number of hydrogen-bond donors (Lipinski definition) is 7. The molecule has 2 aromatic carbocycles. The van der Waals surface area contributed by atoms with Crippen molar-refractivity contribution >= 4 is 37.0 Å². The molecular formula is C19H23N11O4S2. The van der Waals surface area contributed by atoms with Crippen molar-refractivity contribution in [1.29, 1.82) is 0 Å². The highest BCUT2D eigenvalue weighted by atomic mass is 32.2. The molecule has 1 fully saturated rings. The summed E-state index contributed by atoms with van der Waals surface area (Å²) in [7, 11) is -8.95. The summed E-state index contributed by atoms with van der Waals surface area (Å²) in [6.07, 6.45) is 0. The Balaban J connectivity index is 1.72. The van der Waals surface area contributed by atoms with Crippen molar-refractivity contribution in [3.8, 4) is 22.5 Å². The lowest BCUT2D eigenvalue weighted by Gasteiger charge is -2.25. The van der Waals surface area contributed by atoms with E-state index in [1.54, 1.807) is 18.2 Å². The Morgan fingerprint density at radius 2 is 1.92 bits per heavy atom. The number of H-pyrrole nitrogens is 2. The van der Waals surface area contributed by atoms with Crippen LogP contribution in [0.3, 0.4) is 0 Å². The lowest BCUT2D eigenvalue weighted by molar-refractivity contribution is 0.414. The highest BCUT2D eigenvalue weighted by Crippen LogP contribution is 2.40. The molecule has 1 aliphatic rings. The van der Waals surface area contributed by atoms with Crippen LogP contribution in [-0.4, -0.2) is 79.6 Å². The van der Waals surface area contributed by atoms with Gasteiger partial charge in [0.1, 0.15) is 9.79 Å². The first-order valence-electron chi connectivity index (χ1n) is 10.8. The van der Waals surface area contributed by atoms with Crippen LogP contribution in [-0.2, 0) is 20.0 Å². The SMILES string of the molecule is Nc1nc2c(-c3ccc(S(=O)(=O)NCC4CNCCN4)c(S(N)(=O)=O)c3-c3nn[nH]n3)cccc2[nH]1. The Labute approximate surface area is 205 Å². The van der Waals surface area contributed by atoms with E-state index in [1.807, 2.05) is 0 Å². The molecule has 3 heterocycles. The number of aromatic nitrogens is 6. The number of aromatic amines is 2. The number of rotatable bonds is 7. The molecule has 0 radical (unpaired) electrons. The first-order valence-corrected chi connectivity index (χ1v) is 13.8. The van der Waals surface area contributed by atoms with Gasteiger partial charge in [-0.3, -0.25) is 0 Å². The van der Waals surface area contributed by atoms with Gasteiger partial charge in [-0.25, -0.2) is 31.7 Å². The number of fused-ring (bicyclic) bond motifs is 1. The molecule has 17 heteroatoms. The second-order valence-corrected chi connectivity index (χ2v) is 11.4. The third kappa shape index (κ3) is 4.54. The van der Waals surface area contributed by atoms with Gasteiger partial charge in [0.05, 0.1) is 16.6 Å². The number of nitrogen functional groups attached to an aromatic ring is 1. The van der Waals surface area contributed by atoms with Gasteiger partial charge in [-0.1, -0.05) is 18.2 Å². The predicted octanol–water partition coefficient (Wildman–Crippen LogP) is -1.52. The zero-order chi connectivity index (χ0) is 25.5. The number of primary sulfonamides is 1. The smallest absolute Gasteiger partial charge is 0.241 e. The number of anilines is 1. The van der Waals surface area contributed by atoms with E-state index in [1.165, 1.54) is 12.1 Å². The molecule has 190 valence electrons. The average Bonchev–Trinajstić information content (AvgIpc) is 3.51. The van der Waals surface area contributed by atoms with E-state index in [0.717, 1.165) is 6.54 Å². The first kappa shape index (κ1) is 24.2. The largest absolute Gasteiger partial charge is 0.369 e. The van der Waals surface area contributed by atoms with Gasteiger partial charge in [-0.05, 0) is 22.9 Å². The summed E-state index contributed by atoms with van der Waals surface area (Å²) in [4.78, 5) is 6.00. The number of sulfonamides is 2. The number of hydrogen-bond acceptors (Lipinski definition) is 11. The lowest BCUT2D eigenvalue weighted by Crippen LogP contribution is -2.53. The van der Waals surface area contributed by atoms with Gasteiger partial charge in [0.2, 0.25) is 25.9 Å². The number of para-hydroxylation sites is 1. The van der Waals surface area contributed by atoms with Crippen LogP contribution in [0.15, 0.2) is 40.1 Å². The molecule has 1 atom stereocenters. The summed E-state index contributed by atoms with van der Waals surface area (Å²) in [6, 6.07) is 7.60. The Bertz CT molecular complexity index is 1630. The summed E-state index contributed by atoms with van der Waals surface area (Å²) in [5.74, 6) is -0.0100. The van der Waals surface area contributed by atoms with Crippen molar-refractivity contribution in [3.05, 3.63) is 30.3 Å². The number of tetrazole rings is 1. The number of nitrogens with two attached hydrogens (primary N) is 2. The normalized spacial score (nSPS) is 17.0. The molecule has 1 aliphatic heterocycles. The van der Waals surface area contributed by atoms with E-state index in [4.69, 9.17) is 10.9 Å². The van der Waals surface area contributed by atoms with E-state index in [9.17, 15) is 16.8 Å². The fourth-order valence-electron chi connectivity index (χ4n) is 4.19. The molecule has 5 rings (SSSR count). The third-order valence-electron chi connectivity index (χ3n) is 5.73. The molecule has 36 heavy (non-hydrogen) atoms. The van der Waals surface area contributed by atoms with E-state index in [0.29, 0.717) is 29.7 Å². The maximum Gasteiger partial charge on any atom is 0.241 e. The van der Waals surface area contributed by atoms with Crippen molar-refractivity contribution in [2.24, 2.45) is 5.14 Å². The van der Waals surface area contributed by atoms with Crippen LogP contribution in [0.5, 0.6) is 0 Å². The first-order chi connectivity index (χ1) is 17.1. The minimum atomic E-state index is -4.62. The van der Waals surface area contributed by atoms with Gasteiger partial charge in [-0.15, -0.1) is 10.2 Å². The molecule has 1 saturated heterocycles. The van der Waals surface area contributed by atoms with Crippen molar-refractivity contribution in [3.63, 3.8) is 0 Å². The molecule has 0 spiro atoms. The second-order valence-electron chi connectivity index (χ2n) is 8.13. The van der Waals surface area contributed by atoms with E-state index in [-0.39, 0.29) is 35.5 Å². The number of nitrogens with zero attached hydrogens (tertiary/aromatic N) is 4. The number of imidazole rings is 1. The number of benzene rings is 2. The maximum absolute atomic E-state index is 13.4. The minimum Gasteiger partial charge on any atom is -0.369 e. The van der Waals surface area contributed by atoms with Crippen LogP contribution in [0.2, 0.25) is 0 Å². The fourth-order valence-corrected chi connectivity index (χ4v) is 6.87. The van der Waals surface area contributed by atoms with Crippen LogP contribution in [0, 0.1) is 0 Å². The zero-order valence-corrected chi connectivity index (χ0v) is 20.3. The van der Waals surface area contributed by atoms with Crippen molar-refractivity contribution in [1.82, 2.24) is 45.9 Å². The maximum atomic E-state index is 13.4. The molecule has 15 nitrogen and oxygen atoms in total. The number of nitrogens with one attached hydrogen (secondary N) is 5. The molecule has 1 unspecified atom stereocenters. The summed E-state index contributed by atoms with van der Waals surface area (Å²) in [5, 5.41) is 25.6. The lowest BCUT2D eigenvalue weighted by atomic mass is 9.98. The number of piperazine rings is 1. The van der Waals surface area contributed by atoms with E-state index >= 15 is 0 Å². The van der Waals surface area contributed by atoms with Crippen LogP contribution in [0.4, 0.5) is 5.95 Å². The summed E-state index contributed by atoms with van der Waals surface area (Å²) < 4.78 is 55.0. The molecule has 9 N–H and O–H groups in total. The van der Waals surface area contributed by atoms with Gasteiger partial charge in [0.25, 0.3) is 0 Å². The van der Waals surface area contributed by atoms with Crippen LogP contribution >= 0.6 is 0 Å². The highest BCUT2D eigenvalue weighted by molar-refractivity contribution is 7.92. The van der Waals surface area contributed by atoms with E-state index in [2.05, 4.69) is 45.9 Å². The second kappa shape index (κ2) is 9.19. The highest BCUT2D eigenvalue weighted by Gasteiger charge is 2.33. The van der Waals surface area contributed by atoms with Gasteiger partial charge in [0.15, 0.2) is 5.95 Å². The summed E-state index contributed by atoms with van der Waals surface area (Å²) in [6.45, 7) is 2.02. The van der Waals surface area contributed by atoms with Crippen LogP contribution in [0.1, 0.15) is 0 Å². The van der Waals surface area contributed by atoms with Gasteiger partial charge in [-0.2, -0.15) is 5.21 Å². The van der Waals surface area contributed by atoms with Crippen molar-refractivity contribution in [2.45, 2.75) is 15.8 Å². The monoisotopic (exact) mass is 533 g/mol. The molecule has 0 amide bonds. The summed E-state index contributed by atoms with van der Waals surface area (Å²) in [5.41, 5.74) is 7.44. The molecule has 0 saturated carbocycles. The molecular weight excluding hydrogens is 510 g/mol. The Hall–Kier alpha value is -3.48. The minimum absolute atomic E-state index is 0.0323. The van der Waals surface area contributed by atoms with E-state index < -0.39 is 29.8 Å². The van der Waals surface area contributed by atoms with Gasteiger partial charge >= 0.3 is 0 Å². The fraction of sp³-hybridized carbons (Fsp3) is 0.263. The molecule has 0 bridgehead atoms. The Morgan fingerprint density at radius 1 is 1.08 bits per heavy atom. The average molecular weight is 534 g/mol.